The van der Waals surface area contributed by atoms with Crippen LogP contribution >= 0.6 is 0 Å². The van der Waals surface area contributed by atoms with Gasteiger partial charge in [0.15, 0.2) is 0 Å². The molecule has 0 aliphatic heterocycles. The summed E-state index contributed by atoms with van der Waals surface area (Å²) in [6, 6.07) is 4.10. The third-order valence-electron chi connectivity index (χ3n) is 1.44. The number of halogens is 1. The minimum Gasteiger partial charge on any atom is -0.478 e. The van der Waals surface area contributed by atoms with Gasteiger partial charge in [0, 0.05) is 6.08 Å². The first-order chi connectivity index (χ1) is 6.09. The van der Waals surface area contributed by atoms with Crippen molar-refractivity contribution in [3.8, 4) is 0 Å². The molecule has 0 aliphatic carbocycles. The van der Waals surface area contributed by atoms with Crippen LogP contribution < -0.4 is 5.73 Å². The summed E-state index contributed by atoms with van der Waals surface area (Å²) in [4.78, 5) is 10.1. The van der Waals surface area contributed by atoms with Crippen molar-refractivity contribution in [3.05, 3.63) is 35.7 Å². The highest BCUT2D eigenvalue weighted by atomic mass is 19.1. The zero-order chi connectivity index (χ0) is 9.84. The summed E-state index contributed by atoms with van der Waals surface area (Å²) >= 11 is 0. The summed E-state index contributed by atoms with van der Waals surface area (Å²) < 4.78 is 12.8. The van der Waals surface area contributed by atoms with Crippen LogP contribution in [0.15, 0.2) is 24.3 Å². The molecule has 0 saturated carbocycles. The maximum absolute atomic E-state index is 12.8. The molecule has 0 unspecified atom stereocenters. The number of anilines is 1. The van der Waals surface area contributed by atoms with Crippen molar-refractivity contribution in [2.75, 3.05) is 5.73 Å². The Morgan fingerprint density at radius 2 is 2.23 bits per heavy atom. The third kappa shape index (κ3) is 2.59. The van der Waals surface area contributed by atoms with Gasteiger partial charge in [0.05, 0.1) is 5.69 Å². The van der Waals surface area contributed by atoms with E-state index in [1.807, 2.05) is 0 Å². The molecule has 4 heteroatoms. The van der Waals surface area contributed by atoms with E-state index in [9.17, 15) is 9.18 Å². The highest BCUT2D eigenvalue weighted by molar-refractivity contribution is 5.85. The first-order valence-electron chi connectivity index (χ1n) is 3.55. The molecule has 0 bridgehead atoms. The van der Waals surface area contributed by atoms with Gasteiger partial charge in [-0.15, -0.1) is 0 Å². The van der Waals surface area contributed by atoms with Crippen molar-refractivity contribution >= 4 is 17.7 Å². The molecule has 0 saturated heterocycles. The molecule has 3 N–H and O–H groups in total. The van der Waals surface area contributed by atoms with Gasteiger partial charge in [-0.2, -0.15) is 0 Å². The molecule has 1 rings (SSSR count). The number of carboxylic acid groups (broad SMARTS) is 1. The lowest BCUT2D eigenvalue weighted by Crippen LogP contribution is -1.90. The Hall–Kier alpha value is -1.84. The predicted octanol–water partition coefficient (Wildman–Crippen LogP) is 1.51. The van der Waals surface area contributed by atoms with E-state index < -0.39 is 11.8 Å². The lowest BCUT2D eigenvalue weighted by molar-refractivity contribution is -0.131. The molecular weight excluding hydrogens is 173 g/mol. The first kappa shape index (κ1) is 9.25. The molecular formula is C9H8FNO2. The molecule has 0 heterocycles. The quantitative estimate of drug-likeness (QED) is 0.536. The van der Waals surface area contributed by atoms with Crippen LogP contribution in [0.25, 0.3) is 6.08 Å². The van der Waals surface area contributed by atoms with Crippen LogP contribution in [0.5, 0.6) is 0 Å². The minimum atomic E-state index is -1.07. The highest BCUT2D eigenvalue weighted by Crippen LogP contribution is 2.12. The Bertz CT molecular complexity index is 361. The summed E-state index contributed by atoms with van der Waals surface area (Å²) in [7, 11) is 0. The number of hydrogen-bond acceptors (Lipinski definition) is 2. The number of carboxylic acids is 1. The average molecular weight is 181 g/mol. The molecule has 13 heavy (non-hydrogen) atoms. The van der Waals surface area contributed by atoms with Gasteiger partial charge in [-0.3, -0.25) is 0 Å². The number of carbonyl (C=O) groups is 1. The highest BCUT2D eigenvalue weighted by Gasteiger charge is 1.97. The van der Waals surface area contributed by atoms with Gasteiger partial charge in [0.1, 0.15) is 5.82 Å². The molecule has 0 radical (unpaired) electrons. The van der Waals surface area contributed by atoms with Crippen molar-refractivity contribution < 1.29 is 14.3 Å². The zero-order valence-corrected chi connectivity index (χ0v) is 6.70. The minimum absolute atomic E-state index is 0.0486. The monoisotopic (exact) mass is 181 g/mol. The summed E-state index contributed by atoms with van der Waals surface area (Å²) in [5, 5.41) is 8.29. The topological polar surface area (TPSA) is 63.3 Å². The van der Waals surface area contributed by atoms with Crippen molar-refractivity contribution in [3.63, 3.8) is 0 Å². The van der Waals surface area contributed by atoms with Crippen molar-refractivity contribution in [1.29, 1.82) is 0 Å². The number of benzene rings is 1. The maximum atomic E-state index is 12.8. The Morgan fingerprint density at radius 3 is 2.77 bits per heavy atom. The van der Waals surface area contributed by atoms with Gasteiger partial charge in [0.25, 0.3) is 0 Å². The van der Waals surface area contributed by atoms with Crippen LogP contribution in [0, 0.1) is 5.82 Å². The number of nitrogens with two attached hydrogens (primary N) is 1. The Labute approximate surface area is 74.3 Å². The van der Waals surface area contributed by atoms with Crippen LogP contribution in [0.4, 0.5) is 10.1 Å². The average Bonchev–Trinajstić information content (AvgIpc) is 2.07. The maximum Gasteiger partial charge on any atom is 0.328 e. The molecule has 3 nitrogen and oxygen atoms in total. The van der Waals surface area contributed by atoms with Gasteiger partial charge in [-0.05, 0) is 23.8 Å². The van der Waals surface area contributed by atoms with E-state index >= 15 is 0 Å². The molecule has 1 aromatic rings. The molecule has 0 amide bonds. The summed E-state index contributed by atoms with van der Waals surface area (Å²) in [5.41, 5.74) is 5.74. The van der Waals surface area contributed by atoms with E-state index in [1.54, 1.807) is 0 Å². The predicted molar refractivity (Wildman–Crippen MR) is 47.5 cm³/mol. The largest absolute Gasteiger partial charge is 0.478 e. The smallest absolute Gasteiger partial charge is 0.328 e. The Morgan fingerprint density at radius 1 is 1.54 bits per heavy atom. The van der Waals surface area contributed by atoms with Crippen LogP contribution in [0.1, 0.15) is 5.56 Å². The third-order valence-corrected chi connectivity index (χ3v) is 1.44. The molecule has 0 aromatic heterocycles. The molecule has 1 aromatic carbocycles. The lowest BCUT2D eigenvalue weighted by Gasteiger charge is -1.96. The second-order valence-electron chi connectivity index (χ2n) is 2.45. The number of nitrogen functional groups attached to an aromatic ring is 1. The normalized spacial score (nSPS) is 10.5. The number of rotatable bonds is 2. The number of hydrogen-bond donors (Lipinski definition) is 2. The molecule has 0 atom stereocenters. The van der Waals surface area contributed by atoms with E-state index in [4.69, 9.17) is 10.8 Å². The van der Waals surface area contributed by atoms with Crippen molar-refractivity contribution in [1.82, 2.24) is 0 Å². The number of aliphatic carboxylic acids is 1. The van der Waals surface area contributed by atoms with Gasteiger partial charge in [-0.1, -0.05) is 6.07 Å². The van der Waals surface area contributed by atoms with E-state index in [0.29, 0.717) is 5.56 Å². The Kier molecular flexibility index (Phi) is 2.64. The molecule has 0 aliphatic rings. The Balaban J connectivity index is 2.92. The fourth-order valence-electron chi connectivity index (χ4n) is 0.815. The fourth-order valence-corrected chi connectivity index (χ4v) is 0.815. The zero-order valence-electron chi connectivity index (χ0n) is 6.70. The van der Waals surface area contributed by atoms with Gasteiger partial charge < -0.3 is 10.8 Å². The molecule has 0 spiro atoms. The van der Waals surface area contributed by atoms with Crippen molar-refractivity contribution in [2.24, 2.45) is 0 Å². The van der Waals surface area contributed by atoms with Gasteiger partial charge in [-0.25, -0.2) is 9.18 Å². The van der Waals surface area contributed by atoms with Gasteiger partial charge in [0.2, 0.25) is 0 Å². The van der Waals surface area contributed by atoms with Crippen molar-refractivity contribution in [2.45, 2.75) is 0 Å². The summed E-state index contributed by atoms with van der Waals surface area (Å²) in [6.45, 7) is 0. The van der Waals surface area contributed by atoms with E-state index in [1.165, 1.54) is 24.3 Å². The van der Waals surface area contributed by atoms with E-state index in [0.717, 1.165) is 6.08 Å². The van der Waals surface area contributed by atoms with E-state index in [2.05, 4.69) is 0 Å². The second kappa shape index (κ2) is 3.71. The van der Waals surface area contributed by atoms with Crippen LogP contribution in [-0.2, 0) is 4.79 Å². The first-order valence-corrected chi connectivity index (χ1v) is 3.55. The van der Waals surface area contributed by atoms with Crippen LogP contribution in [0.3, 0.4) is 0 Å². The molecule has 68 valence electrons. The van der Waals surface area contributed by atoms with E-state index in [-0.39, 0.29) is 5.69 Å². The fraction of sp³-hybridized carbons (Fsp3) is 0. The summed E-state index contributed by atoms with van der Waals surface area (Å²) in [5.74, 6) is -1.62. The van der Waals surface area contributed by atoms with Crippen LogP contribution in [-0.4, -0.2) is 11.1 Å². The SMILES string of the molecule is Nc1ccc(C=CC(=O)O)cc1F. The summed E-state index contributed by atoms with van der Waals surface area (Å²) in [6.07, 6.45) is 2.23. The molecule has 0 fully saturated rings. The standard InChI is InChI=1S/C9H8FNO2/c10-7-5-6(1-3-8(7)11)2-4-9(12)13/h1-5H,11H2,(H,12,13). The lowest BCUT2D eigenvalue weighted by atomic mass is 10.2. The van der Waals surface area contributed by atoms with Gasteiger partial charge >= 0.3 is 5.97 Å². The van der Waals surface area contributed by atoms with Crippen LogP contribution in [0.2, 0.25) is 0 Å². The second-order valence-corrected chi connectivity index (χ2v) is 2.45.